The van der Waals surface area contributed by atoms with Gasteiger partial charge in [0.15, 0.2) is 0 Å². The first-order valence-electron chi connectivity index (χ1n) is 10.6. The molecule has 0 spiro atoms. The van der Waals surface area contributed by atoms with E-state index in [1.165, 1.54) is 41.7 Å². The first-order chi connectivity index (χ1) is 17.0. The van der Waals surface area contributed by atoms with Gasteiger partial charge in [-0.3, -0.25) is 4.79 Å². The Hall–Kier alpha value is -2.74. The molecule has 1 N–H and O–H groups in total. The zero-order chi connectivity index (χ0) is 26.1. The molecule has 1 amide bonds. The van der Waals surface area contributed by atoms with Gasteiger partial charge in [-0.25, -0.2) is 8.42 Å². The van der Waals surface area contributed by atoms with Crippen molar-refractivity contribution in [2.75, 3.05) is 13.7 Å². The summed E-state index contributed by atoms with van der Waals surface area (Å²) in [7, 11) is -2.54. The lowest BCUT2D eigenvalue weighted by molar-refractivity contribution is -0.137. The van der Waals surface area contributed by atoms with Gasteiger partial charge in [-0.05, 0) is 43.2 Å². The van der Waals surface area contributed by atoms with Crippen molar-refractivity contribution >= 4 is 38.9 Å². The third-order valence-electron chi connectivity index (χ3n) is 5.51. The van der Waals surface area contributed by atoms with E-state index in [9.17, 15) is 26.4 Å². The summed E-state index contributed by atoms with van der Waals surface area (Å²) < 4.78 is 71.3. The first-order valence-corrected chi connectivity index (χ1v) is 13.3. The summed E-state index contributed by atoms with van der Waals surface area (Å²) in [6.45, 7) is 0.135. The van der Waals surface area contributed by atoms with Crippen molar-refractivity contribution in [3.05, 3.63) is 58.1 Å². The van der Waals surface area contributed by atoms with E-state index in [0.29, 0.717) is 34.1 Å². The third kappa shape index (κ3) is 5.64. The Labute approximate surface area is 214 Å². The van der Waals surface area contributed by atoms with Crippen molar-refractivity contribution in [3.8, 4) is 17.3 Å². The molecule has 1 aromatic carbocycles. The molecule has 1 fully saturated rings. The molecule has 0 saturated carbocycles. The number of thiophene rings is 1. The average Bonchev–Trinajstić information content (AvgIpc) is 3.52. The molecule has 3 aromatic rings. The van der Waals surface area contributed by atoms with Gasteiger partial charge in [0.25, 0.3) is 10.0 Å². The number of alkyl halides is 3. The maximum Gasteiger partial charge on any atom is 0.416 e. The molecule has 1 saturated heterocycles. The highest BCUT2D eigenvalue weighted by Crippen LogP contribution is 2.33. The number of aromatic nitrogens is 2. The molecule has 0 radical (unpaired) electrons. The molecule has 0 unspecified atom stereocenters. The predicted octanol–water partition coefficient (Wildman–Crippen LogP) is 4.36. The highest BCUT2D eigenvalue weighted by Gasteiger charge is 2.40. The summed E-state index contributed by atoms with van der Waals surface area (Å²) in [4.78, 5) is 21.3. The highest BCUT2D eigenvalue weighted by molar-refractivity contribution is 7.91. The normalized spacial score (nSPS) is 16.8. The Morgan fingerprint density at radius 2 is 1.94 bits per heavy atom. The molecule has 1 aliphatic rings. The number of nitrogens with one attached hydrogen (secondary N) is 1. The number of hydrogen-bond acceptors (Lipinski definition) is 7. The van der Waals surface area contributed by atoms with Crippen molar-refractivity contribution < 1.29 is 31.1 Å². The number of halogens is 4. The largest absolute Gasteiger partial charge is 0.467 e. The molecule has 192 valence electrons. The Bertz CT molecular complexity index is 1360. The lowest BCUT2D eigenvalue weighted by Gasteiger charge is -2.22. The van der Waals surface area contributed by atoms with Crippen LogP contribution in [0.3, 0.4) is 0 Å². The summed E-state index contributed by atoms with van der Waals surface area (Å²) in [5.74, 6) is -0.493. The van der Waals surface area contributed by atoms with Crippen LogP contribution in [0.2, 0.25) is 4.34 Å². The lowest BCUT2D eigenvalue weighted by atomic mass is 10.1. The van der Waals surface area contributed by atoms with E-state index in [1.807, 2.05) is 0 Å². The topological polar surface area (TPSA) is 101 Å². The molecule has 36 heavy (non-hydrogen) atoms. The van der Waals surface area contributed by atoms with Crippen LogP contribution in [0.1, 0.15) is 24.1 Å². The van der Waals surface area contributed by atoms with E-state index in [2.05, 4.69) is 15.3 Å². The van der Waals surface area contributed by atoms with Gasteiger partial charge in [-0.15, -0.1) is 11.3 Å². The van der Waals surface area contributed by atoms with Gasteiger partial charge in [-0.2, -0.15) is 27.4 Å². The van der Waals surface area contributed by atoms with Gasteiger partial charge in [0.1, 0.15) is 10.3 Å². The van der Waals surface area contributed by atoms with Crippen LogP contribution in [0.15, 0.2) is 46.7 Å². The van der Waals surface area contributed by atoms with Crippen LogP contribution < -0.4 is 10.1 Å². The number of carbonyl (C=O) groups is 1. The smallest absolute Gasteiger partial charge is 0.416 e. The van der Waals surface area contributed by atoms with E-state index >= 15 is 0 Å². The van der Waals surface area contributed by atoms with Crippen LogP contribution in [-0.2, 0) is 27.5 Å². The maximum absolute atomic E-state index is 13.0. The Balaban J connectivity index is 1.50. The van der Waals surface area contributed by atoms with E-state index in [4.69, 9.17) is 16.3 Å². The number of ether oxygens (including phenoxy) is 1. The van der Waals surface area contributed by atoms with Crippen molar-refractivity contribution in [1.82, 2.24) is 19.6 Å². The molecule has 4 rings (SSSR count). The van der Waals surface area contributed by atoms with Crippen molar-refractivity contribution in [2.24, 2.45) is 0 Å². The first kappa shape index (κ1) is 26.3. The Morgan fingerprint density at radius 3 is 2.56 bits per heavy atom. The van der Waals surface area contributed by atoms with E-state index in [0.717, 1.165) is 23.5 Å². The third-order valence-corrected chi connectivity index (χ3v) is 9.12. The van der Waals surface area contributed by atoms with Crippen LogP contribution in [0.4, 0.5) is 13.2 Å². The minimum atomic E-state index is -4.46. The van der Waals surface area contributed by atoms with Crippen LogP contribution in [0.5, 0.6) is 6.01 Å². The SMILES string of the molecule is COc1nc(CNC(=O)[C@@H]2CCCN2S(=O)(=O)c2ccc(Cl)s2)cc(-c2ccc(C(F)(F)F)cc2)n1. The van der Waals surface area contributed by atoms with E-state index in [1.54, 1.807) is 0 Å². The molecule has 8 nitrogen and oxygen atoms in total. The molecule has 2 aromatic heterocycles. The molecule has 0 aliphatic carbocycles. The number of benzene rings is 1. The van der Waals surface area contributed by atoms with Crippen molar-refractivity contribution in [3.63, 3.8) is 0 Å². The minimum absolute atomic E-state index is 0.0312. The molecule has 3 heterocycles. The number of rotatable bonds is 7. The monoisotopic (exact) mass is 560 g/mol. The molecule has 0 bridgehead atoms. The number of nitrogens with zero attached hydrogens (tertiary/aromatic N) is 3. The molecular formula is C22H20ClF3N4O4S2. The quantitative estimate of drug-likeness (QED) is 0.461. The number of hydrogen-bond donors (Lipinski definition) is 1. The fourth-order valence-corrected chi connectivity index (χ4v) is 7.04. The van der Waals surface area contributed by atoms with Crippen LogP contribution >= 0.6 is 22.9 Å². The molecule has 1 atom stereocenters. The van der Waals surface area contributed by atoms with Gasteiger partial charge >= 0.3 is 12.2 Å². The van der Waals surface area contributed by atoms with Gasteiger partial charge in [0.05, 0.1) is 34.9 Å². The second-order valence-corrected chi connectivity index (χ2v) is 11.7. The van der Waals surface area contributed by atoms with Gasteiger partial charge < -0.3 is 10.1 Å². The van der Waals surface area contributed by atoms with Gasteiger partial charge in [-0.1, -0.05) is 23.7 Å². The summed E-state index contributed by atoms with van der Waals surface area (Å²) >= 11 is 6.81. The van der Waals surface area contributed by atoms with Crippen LogP contribution in [0.25, 0.3) is 11.3 Å². The second kappa shape index (κ2) is 10.3. The average molecular weight is 561 g/mol. The summed E-state index contributed by atoms with van der Waals surface area (Å²) in [5, 5.41) is 2.70. The predicted molar refractivity (Wildman–Crippen MR) is 127 cm³/mol. The Kier molecular flexibility index (Phi) is 7.55. The number of sulfonamides is 1. The van der Waals surface area contributed by atoms with Crippen molar-refractivity contribution in [1.29, 1.82) is 0 Å². The minimum Gasteiger partial charge on any atom is -0.467 e. The van der Waals surface area contributed by atoms with Gasteiger partial charge in [0.2, 0.25) is 5.91 Å². The van der Waals surface area contributed by atoms with Crippen LogP contribution in [0, 0.1) is 0 Å². The number of amides is 1. The van der Waals surface area contributed by atoms with Crippen LogP contribution in [-0.4, -0.2) is 48.3 Å². The van der Waals surface area contributed by atoms with Gasteiger partial charge in [0, 0.05) is 12.1 Å². The van der Waals surface area contributed by atoms with Crippen molar-refractivity contribution in [2.45, 2.75) is 35.8 Å². The molecule has 1 aliphatic heterocycles. The fraction of sp³-hybridized carbons (Fsp3) is 0.318. The zero-order valence-corrected chi connectivity index (χ0v) is 21.1. The maximum atomic E-state index is 13.0. The lowest BCUT2D eigenvalue weighted by Crippen LogP contribution is -2.45. The van der Waals surface area contributed by atoms with E-state index < -0.39 is 33.7 Å². The summed E-state index contributed by atoms with van der Waals surface area (Å²) in [6.07, 6.45) is -3.58. The molecular weight excluding hydrogens is 541 g/mol. The molecule has 14 heteroatoms. The fourth-order valence-electron chi connectivity index (χ4n) is 3.77. The second-order valence-electron chi connectivity index (χ2n) is 7.86. The Morgan fingerprint density at radius 1 is 1.22 bits per heavy atom. The number of methoxy groups -OCH3 is 1. The zero-order valence-electron chi connectivity index (χ0n) is 18.8. The summed E-state index contributed by atoms with van der Waals surface area (Å²) in [6, 6.07) is 7.94. The van der Waals surface area contributed by atoms with E-state index in [-0.39, 0.29) is 23.3 Å². The standard InChI is InChI=1S/C22H20ClF3N4O4S2/c1-34-21-28-15(11-16(29-21)13-4-6-14(7-5-13)22(24,25)26)12-27-20(31)17-3-2-10-30(17)36(32,33)19-9-8-18(23)35-19/h4-9,11,17H,2-3,10,12H2,1H3,(H,27,31)/t17-/m0/s1. The summed E-state index contributed by atoms with van der Waals surface area (Å²) in [5.41, 5.74) is 0.251. The highest BCUT2D eigenvalue weighted by atomic mass is 35.5. The number of carbonyl (C=O) groups excluding carboxylic acids is 1.